The highest BCUT2D eigenvalue weighted by Crippen LogP contribution is 2.19. The van der Waals surface area contributed by atoms with Crippen molar-refractivity contribution in [3.63, 3.8) is 0 Å². The van der Waals surface area contributed by atoms with Crippen molar-refractivity contribution in [2.45, 2.75) is 30.8 Å². The van der Waals surface area contributed by atoms with Crippen LogP contribution in [0.25, 0.3) is 0 Å². The molecule has 0 aliphatic rings. The zero-order chi connectivity index (χ0) is 13.4. The maximum atomic E-state index is 10.1. The Morgan fingerprint density at radius 3 is 2.56 bits per heavy atom. The second kappa shape index (κ2) is 7.67. The molecule has 0 spiro atoms. The first-order valence-electron chi connectivity index (χ1n) is 6.27. The molecule has 2 N–H and O–H groups in total. The number of ether oxygens (including phenoxy) is 1. The summed E-state index contributed by atoms with van der Waals surface area (Å²) in [4.78, 5) is 1.21. The summed E-state index contributed by atoms with van der Waals surface area (Å²) in [6.07, 6.45) is 3.10. The topological polar surface area (TPSA) is 41.5 Å². The van der Waals surface area contributed by atoms with Crippen molar-refractivity contribution in [3.05, 3.63) is 24.3 Å². The highest BCUT2D eigenvalue weighted by atomic mass is 32.2. The van der Waals surface area contributed by atoms with E-state index in [1.165, 1.54) is 4.90 Å². The van der Waals surface area contributed by atoms with Crippen molar-refractivity contribution >= 4 is 11.8 Å². The van der Waals surface area contributed by atoms with Crippen LogP contribution in [0.3, 0.4) is 0 Å². The molecule has 1 unspecified atom stereocenters. The Labute approximate surface area is 114 Å². The summed E-state index contributed by atoms with van der Waals surface area (Å²) < 4.78 is 5.60. The van der Waals surface area contributed by atoms with Crippen LogP contribution < -0.4 is 10.1 Å². The van der Waals surface area contributed by atoms with Gasteiger partial charge in [0.15, 0.2) is 0 Å². The van der Waals surface area contributed by atoms with Gasteiger partial charge >= 0.3 is 0 Å². The van der Waals surface area contributed by atoms with Crippen LogP contribution in [0.1, 0.15) is 20.3 Å². The Bertz CT molecular complexity index is 338. The maximum absolute atomic E-state index is 10.1. The molecule has 0 saturated carbocycles. The molecule has 0 aliphatic carbocycles. The normalized spacial score (nSPS) is 14.2. The SMILES string of the molecule is CCCNCC(C)(O)COc1ccc(SC)cc1. The number of rotatable bonds is 8. The average Bonchev–Trinajstić information content (AvgIpc) is 2.37. The smallest absolute Gasteiger partial charge is 0.119 e. The molecule has 1 aromatic carbocycles. The number of nitrogens with one attached hydrogen (secondary N) is 1. The summed E-state index contributed by atoms with van der Waals surface area (Å²) in [5.41, 5.74) is -0.840. The maximum Gasteiger partial charge on any atom is 0.119 e. The van der Waals surface area contributed by atoms with Crippen LogP contribution in [0.4, 0.5) is 0 Å². The van der Waals surface area contributed by atoms with Gasteiger partial charge in [-0.15, -0.1) is 11.8 Å². The van der Waals surface area contributed by atoms with Gasteiger partial charge in [0.05, 0.1) is 0 Å². The van der Waals surface area contributed by atoms with Crippen LogP contribution in [-0.4, -0.2) is 36.7 Å². The molecule has 4 heteroatoms. The molecule has 0 saturated heterocycles. The van der Waals surface area contributed by atoms with E-state index in [1.807, 2.05) is 30.5 Å². The quantitative estimate of drug-likeness (QED) is 0.562. The van der Waals surface area contributed by atoms with Gasteiger partial charge in [-0.3, -0.25) is 0 Å². The summed E-state index contributed by atoms with van der Waals surface area (Å²) in [6, 6.07) is 7.90. The molecule has 18 heavy (non-hydrogen) atoms. The van der Waals surface area contributed by atoms with Crippen LogP contribution in [0.5, 0.6) is 5.75 Å². The van der Waals surface area contributed by atoms with E-state index in [9.17, 15) is 5.11 Å². The Kier molecular flexibility index (Phi) is 6.54. The van der Waals surface area contributed by atoms with Gasteiger partial charge in [-0.25, -0.2) is 0 Å². The summed E-state index contributed by atoms with van der Waals surface area (Å²) in [6.45, 7) is 5.64. The van der Waals surface area contributed by atoms with E-state index in [0.717, 1.165) is 18.7 Å². The largest absolute Gasteiger partial charge is 0.491 e. The lowest BCUT2D eigenvalue weighted by molar-refractivity contribution is 0.0125. The van der Waals surface area contributed by atoms with Gasteiger partial charge in [-0.2, -0.15) is 0 Å². The van der Waals surface area contributed by atoms with E-state index < -0.39 is 5.60 Å². The highest BCUT2D eigenvalue weighted by molar-refractivity contribution is 7.98. The monoisotopic (exact) mass is 269 g/mol. The van der Waals surface area contributed by atoms with Crippen LogP contribution in [0, 0.1) is 0 Å². The lowest BCUT2D eigenvalue weighted by Gasteiger charge is -2.23. The van der Waals surface area contributed by atoms with Crippen LogP contribution >= 0.6 is 11.8 Å². The van der Waals surface area contributed by atoms with E-state index in [4.69, 9.17) is 4.74 Å². The third kappa shape index (κ3) is 5.76. The van der Waals surface area contributed by atoms with Crippen molar-refractivity contribution in [1.29, 1.82) is 0 Å². The van der Waals surface area contributed by atoms with Gasteiger partial charge in [0.25, 0.3) is 0 Å². The molecular weight excluding hydrogens is 246 g/mol. The van der Waals surface area contributed by atoms with Crippen molar-refractivity contribution in [1.82, 2.24) is 5.32 Å². The number of hydrogen-bond acceptors (Lipinski definition) is 4. The van der Waals surface area contributed by atoms with Gasteiger partial charge in [0.2, 0.25) is 0 Å². The van der Waals surface area contributed by atoms with Crippen molar-refractivity contribution in [2.75, 3.05) is 26.0 Å². The van der Waals surface area contributed by atoms with Gasteiger partial charge < -0.3 is 15.2 Å². The molecule has 1 atom stereocenters. The third-order valence-corrected chi connectivity index (χ3v) is 3.29. The Morgan fingerprint density at radius 2 is 2.00 bits per heavy atom. The molecule has 0 aromatic heterocycles. The molecule has 102 valence electrons. The first-order chi connectivity index (χ1) is 8.57. The fourth-order valence-electron chi connectivity index (χ4n) is 1.50. The Morgan fingerprint density at radius 1 is 1.33 bits per heavy atom. The average molecular weight is 269 g/mol. The second-order valence-electron chi connectivity index (χ2n) is 4.64. The van der Waals surface area contributed by atoms with Crippen molar-refractivity contribution in [3.8, 4) is 5.75 Å². The predicted octanol–water partition coefficient (Wildman–Crippen LogP) is 2.54. The van der Waals surface area contributed by atoms with Gasteiger partial charge in [-0.1, -0.05) is 6.92 Å². The Hall–Kier alpha value is -0.710. The lowest BCUT2D eigenvalue weighted by atomic mass is 10.1. The third-order valence-electron chi connectivity index (χ3n) is 2.54. The summed E-state index contributed by atoms with van der Waals surface area (Å²) >= 11 is 1.70. The van der Waals surface area contributed by atoms with E-state index in [-0.39, 0.29) is 0 Å². The van der Waals surface area contributed by atoms with Crippen LogP contribution in [-0.2, 0) is 0 Å². The summed E-state index contributed by atoms with van der Waals surface area (Å²) in [5, 5.41) is 13.3. The lowest BCUT2D eigenvalue weighted by Crippen LogP contribution is -2.43. The van der Waals surface area contributed by atoms with Crippen molar-refractivity contribution in [2.24, 2.45) is 0 Å². The molecule has 1 rings (SSSR count). The second-order valence-corrected chi connectivity index (χ2v) is 5.52. The molecule has 0 bridgehead atoms. The van der Waals surface area contributed by atoms with E-state index in [1.54, 1.807) is 18.7 Å². The number of benzene rings is 1. The first kappa shape index (κ1) is 15.3. The summed E-state index contributed by atoms with van der Waals surface area (Å²) in [7, 11) is 0. The minimum Gasteiger partial charge on any atom is -0.491 e. The molecule has 3 nitrogen and oxygen atoms in total. The minimum absolute atomic E-state index is 0.294. The van der Waals surface area contributed by atoms with E-state index in [2.05, 4.69) is 12.2 Å². The standard InChI is InChI=1S/C14H23NO2S/c1-4-9-15-10-14(2,16)11-17-12-5-7-13(18-3)8-6-12/h5-8,15-16H,4,9-11H2,1-3H3. The highest BCUT2D eigenvalue weighted by Gasteiger charge is 2.20. The zero-order valence-electron chi connectivity index (χ0n) is 11.4. The molecular formula is C14H23NO2S. The number of aliphatic hydroxyl groups is 1. The predicted molar refractivity (Wildman–Crippen MR) is 77.5 cm³/mol. The molecule has 0 fully saturated rings. The number of hydrogen-bond donors (Lipinski definition) is 2. The molecule has 0 amide bonds. The fraction of sp³-hybridized carbons (Fsp3) is 0.571. The molecule has 0 aliphatic heterocycles. The van der Waals surface area contributed by atoms with E-state index >= 15 is 0 Å². The van der Waals surface area contributed by atoms with E-state index in [0.29, 0.717) is 13.2 Å². The van der Waals surface area contributed by atoms with Crippen molar-refractivity contribution < 1.29 is 9.84 Å². The fourth-order valence-corrected chi connectivity index (χ4v) is 1.90. The number of thioether (sulfide) groups is 1. The molecule has 0 radical (unpaired) electrons. The summed E-state index contributed by atoms with van der Waals surface area (Å²) in [5.74, 6) is 0.795. The Balaban J connectivity index is 2.37. The first-order valence-corrected chi connectivity index (χ1v) is 7.50. The molecule has 1 aromatic rings. The van der Waals surface area contributed by atoms with Gasteiger partial charge in [-0.05, 0) is 50.4 Å². The van der Waals surface area contributed by atoms with Crippen LogP contribution in [0.15, 0.2) is 29.2 Å². The van der Waals surface area contributed by atoms with Crippen LogP contribution in [0.2, 0.25) is 0 Å². The van der Waals surface area contributed by atoms with Gasteiger partial charge in [0, 0.05) is 11.4 Å². The zero-order valence-corrected chi connectivity index (χ0v) is 12.2. The molecule has 0 heterocycles. The minimum atomic E-state index is -0.840. The van der Waals surface area contributed by atoms with Gasteiger partial charge in [0.1, 0.15) is 18.0 Å².